The van der Waals surface area contributed by atoms with Crippen molar-refractivity contribution in [3.05, 3.63) is 102 Å². The fourth-order valence-corrected chi connectivity index (χ4v) is 5.97. The van der Waals surface area contributed by atoms with E-state index in [9.17, 15) is 33.7 Å². The number of aliphatic carboxylic acids is 1. The molecule has 0 saturated carbocycles. The summed E-state index contributed by atoms with van der Waals surface area (Å²) in [6, 6.07) is 23.2. The zero-order chi connectivity index (χ0) is 35.8. The molecule has 0 fully saturated rings. The maximum atomic E-state index is 13.3. The van der Waals surface area contributed by atoms with Gasteiger partial charge in [-0.1, -0.05) is 93.1 Å². The first-order valence-corrected chi connectivity index (χ1v) is 17.5. The number of rotatable bonds is 20. The van der Waals surface area contributed by atoms with Crippen LogP contribution in [-0.2, 0) is 47.8 Å². The van der Waals surface area contributed by atoms with Crippen LogP contribution in [0.15, 0.2) is 84.9 Å². The van der Waals surface area contributed by atoms with E-state index in [1.807, 2.05) is 60.7 Å². The maximum Gasteiger partial charge on any atom is 1.00 e. The first-order chi connectivity index (χ1) is 23.4. The Morgan fingerprint density at radius 2 is 1.37 bits per heavy atom. The van der Waals surface area contributed by atoms with Crippen molar-refractivity contribution in [3.63, 3.8) is 0 Å². The predicted octanol–water partition coefficient (Wildman–Crippen LogP) is -4.30. The molecule has 16 heteroatoms. The molecular formula is C35H43K2N4O9P. The quantitative estimate of drug-likeness (QED) is 0.0749. The van der Waals surface area contributed by atoms with E-state index < -0.39 is 50.1 Å². The molecule has 0 bridgehead atoms. The van der Waals surface area contributed by atoms with Crippen LogP contribution in [0.2, 0.25) is 0 Å². The van der Waals surface area contributed by atoms with Crippen LogP contribution in [0.5, 0.6) is 5.75 Å². The van der Waals surface area contributed by atoms with Crippen molar-refractivity contribution < 1.29 is 146 Å². The van der Waals surface area contributed by atoms with E-state index in [1.54, 1.807) is 43.0 Å². The van der Waals surface area contributed by atoms with Gasteiger partial charge in [-0.05, 0) is 41.7 Å². The third kappa shape index (κ3) is 17.6. The van der Waals surface area contributed by atoms with Crippen LogP contribution in [0.3, 0.4) is 0 Å². The van der Waals surface area contributed by atoms with Gasteiger partial charge in [0.2, 0.25) is 19.6 Å². The van der Waals surface area contributed by atoms with E-state index in [0.29, 0.717) is 30.8 Å². The molecule has 0 aliphatic heterocycles. The fraction of sp³-hybridized carbons (Fsp3) is 0.371. The van der Waals surface area contributed by atoms with Crippen molar-refractivity contribution in [2.45, 2.75) is 58.8 Å². The number of nitrogens with one attached hydrogen (secondary N) is 3. The maximum absolute atomic E-state index is 13.3. The van der Waals surface area contributed by atoms with Crippen molar-refractivity contribution in [1.82, 2.24) is 20.6 Å². The Labute approximate surface area is 384 Å². The van der Waals surface area contributed by atoms with E-state index in [2.05, 4.69) is 15.7 Å². The summed E-state index contributed by atoms with van der Waals surface area (Å²) < 4.78 is 22.9. The Bertz CT molecular complexity index is 1530. The average molecular weight is 773 g/mol. The molecule has 2 unspecified atom stereocenters. The van der Waals surface area contributed by atoms with Gasteiger partial charge in [0.15, 0.2) is 6.61 Å². The number of carbonyl (C=O) groups excluding carboxylic acids is 4. The van der Waals surface area contributed by atoms with E-state index in [1.165, 1.54) is 6.92 Å². The Balaban J connectivity index is 0.00000650. The number of benzene rings is 3. The van der Waals surface area contributed by atoms with Crippen LogP contribution < -0.4 is 133 Å². The number of nitrogens with zero attached hydrogens (tertiary/aromatic N) is 1. The Morgan fingerprint density at radius 1 is 0.824 bits per heavy atom. The molecule has 0 aliphatic carbocycles. The van der Waals surface area contributed by atoms with Crippen molar-refractivity contribution in [2.24, 2.45) is 5.92 Å². The van der Waals surface area contributed by atoms with Gasteiger partial charge in [0.25, 0.3) is 5.91 Å². The molecular weight excluding hydrogens is 730 g/mol. The number of amides is 3. The Morgan fingerprint density at radius 3 is 1.86 bits per heavy atom. The van der Waals surface area contributed by atoms with Crippen LogP contribution in [0, 0.1) is 5.92 Å². The number of carbonyl (C=O) groups is 4. The van der Waals surface area contributed by atoms with E-state index >= 15 is 0 Å². The van der Waals surface area contributed by atoms with Crippen molar-refractivity contribution in [1.29, 1.82) is 0 Å². The first-order valence-electron chi connectivity index (χ1n) is 16.0. The summed E-state index contributed by atoms with van der Waals surface area (Å²) in [5.41, 5.74) is 2.52. The van der Waals surface area contributed by atoms with Gasteiger partial charge in [-0.15, -0.1) is 0 Å². The van der Waals surface area contributed by atoms with Crippen LogP contribution >= 0.6 is 7.75 Å². The molecule has 0 heterocycles. The second kappa shape index (κ2) is 24.9. The van der Waals surface area contributed by atoms with Crippen LogP contribution in [0.4, 0.5) is 0 Å². The third-order valence-electron chi connectivity index (χ3n) is 7.64. The van der Waals surface area contributed by atoms with Crippen molar-refractivity contribution in [2.75, 3.05) is 19.8 Å². The molecule has 3 rings (SSSR count). The SMILES string of the molecule is CCOP(=O)([O-])N[C@H](C(=O)NC(Cc1ccc(OCC(=O)N(Cc2ccccc2)Cc2ccccc2)cc1)C(=O)NCC(=O)[O-])[C@@H](C)CC.[K+].[K+]. The number of ether oxygens (including phenoxy) is 1. The molecule has 13 nitrogen and oxygen atoms in total. The van der Waals surface area contributed by atoms with Crippen molar-refractivity contribution >= 4 is 31.4 Å². The van der Waals surface area contributed by atoms with Crippen LogP contribution in [0.1, 0.15) is 43.9 Å². The topological polar surface area (TPSA) is 189 Å². The van der Waals surface area contributed by atoms with E-state index in [0.717, 1.165) is 11.1 Å². The number of hydrogen-bond acceptors (Lipinski definition) is 9. The summed E-state index contributed by atoms with van der Waals surface area (Å²) in [5.74, 6) is -3.41. The van der Waals surface area contributed by atoms with Crippen LogP contribution in [-0.4, -0.2) is 60.4 Å². The predicted molar refractivity (Wildman–Crippen MR) is 178 cm³/mol. The average Bonchev–Trinajstić information content (AvgIpc) is 3.09. The monoisotopic (exact) mass is 772 g/mol. The Kier molecular flexibility index (Phi) is 23.3. The summed E-state index contributed by atoms with van der Waals surface area (Å²) in [7, 11) is -4.58. The van der Waals surface area contributed by atoms with Gasteiger partial charge >= 0.3 is 103 Å². The van der Waals surface area contributed by atoms with Gasteiger partial charge in [-0.2, -0.15) is 0 Å². The van der Waals surface area contributed by atoms with Gasteiger partial charge in [0.05, 0.1) is 25.2 Å². The molecule has 3 amide bonds. The second-order valence-corrected chi connectivity index (χ2v) is 12.9. The summed E-state index contributed by atoms with van der Waals surface area (Å²) >= 11 is 0. The summed E-state index contributed by atoms with van der Waals surface area (Å²) in [4.78, 5) is 64.6. The minimum atomic E-state index is -4.58. The van der Waals surface area contributed by atoms with E-state index in [4.69, 9.17) is 9.26 Å². The van der Waals surface area contributed by atoms with Gasteiger partial charge in [0.1, 0.15) is 11.8 Å². The normalized spacial score (nSPS) is 13.5. The molecule has 3 aromatic carbocycles. The molecule has 0 aromatic heterocycles. The molecule has 51 heavy (non-hydrogen) atoms. The summed E-state index contributed by atoms with van der Waals surface area (Å²) in [5, 5.41) is 18.0. The van der Waals surface area contributed by atoms with Gasteiger partial charge in [-0.25, -0.2) is 5.09 Å². The van der Waals surface area contributed by atoms with E-state index in [-0.39, 0.29) is 128 Å². The molecule has 4 atom stereocenters. The third-order valence-corrected chi connectivity index (χ3v) is 8.83. The molecule has 3 N–H and O–H groups in total. The standard InChI is InChI=1S/C35H45N4O9P.2K/c1-4-25(3)33(38-49(45,46)48-5-2)35(44)37-30(34(43)36-21-32(41)42)20-26-16-18-29(19-17-26)47-24-31(40)39(22-27-12-8-6-9-13-27)23-28-14-10-7-11-15-28;;/h6-19,25,30,33H,4-5,20-24H2,1-3H3,(H,36,43)(H,37,44)(H,41,42)(H2,38,45,46);;/q;2*+1/p-2/t25-,30?,33-;;/m0../s1. The fourth-order valence-electron chi connectivity index (χ4n) is 4.84. The second-order valence-electron chi connectivity index (χ2n) is 11.4. The molecule has 0 radical (unpaired) electrons. The Hall–Kier alpha value is -1.28. The molecule has 0 aliphatic rings. The molecule has 0 spiro atoms. The minimum Gasteiger partial charge on any atom is -0.766 e. The number of carboxylic acid groups (broad SMARTS) is 1. The minimum absolute atomic E-state index is 0. The zero-order valence-corrected chi connectivity index (χ0v) is 37.0. The first kappa shape index (κ1) is 47.7. The summed E-state index contributed by atoms with van der Waals surface area (Å²) in [6.07, 6.45) is 0.360. The smallest absolute Gasteiger partial charge is 0.766 e. The van der Waals surface area contributed by atoms with Crippen molar-refractivity contribution in [3.8, 4) is 5.75 Å². The summed E-state index contributed by atoms with van der Waals surface area (Å²) in [6.45, 7) is 4.58. The molecule has 0 saturated heterocycles. The largest absolute Gasteiger partial charge is 1.00 e. The number of carboxylic acids is 1. The zero-order valence-electron chi connectivity index (χ0n) is 29.8. The number of hydrogen-bond donors (Lipinski definition) is 3. The molecule has 3 aromatic rings. The molecule has 264 valence electrons. The van der Waals surface area contributed by atoms with Gasteiger partial charge < -0.3 is 39.6 Å². The van der Waals surface area contributed by atoms with Gasteiger partial charge in [-0.3, -0.25) is 18.9 Å². The van der Waals surface area contributed by atoms with Crippen LogP contribution in [0.25, 0.3) is 0 Å². The van der Waals surface area contributed by atoms with Gasteiger partial charge in [0, 0.05) is 19.5 Å².